The summed E-state index contributed by atoms with van der Waals surface area (Å²) in [4.78, 5) is 12.0. The first kappa shape index (κ1) is 15.1. The van der Waals surface area contributed by atoms with Crippen molar-refractivity contribution >= 4 is 11.7 Å². The van der Waals surface area contributed by atoms with E-state index in [9.17, 15) is 9.18 Å². The Kier molecular flexibility index (Phi) is 4.06. The molecule has 5 nitrogen and oxygen atoms in total. The fourth-order valence-corrected chi connectivity index (χ4v) is 2.34. The number of carbonyl (C=O) groups is 1. The maximum atomic E-state index is 13.7. The van der Waals surface area contributed by atoms with Gasteiger partial charge < -0.3 is 20.1 Å². The highest BCUT2D eigenvalue weighted by atomic mass is 19.1. The quantitative estimate of drug-likeness (QED) is 0.907. The first-order valence-corrected chi connectivity index (χ1v) is 7.26. The van der Waals surface area contributed by atoms with Crippen LogP contribution in [0.25, 0.3) is 0 Å². The van der Waals surface area contributed by atoms with Crippen LogP contribution in [0.3, 0.4) is 0 Å². The first-order valence-electron chi connectivity index (χ1n) is 7.26. The van der Waals surface area contributed by atoms with Gasteiger partial charge in [-0.1, -0.05) is 12.1 Å². The lowest BCUT2D eigenvalue weighted by molar-refractivity contribution is 0.174. The van der Waals surface area contributed by atoms with E-state index in [0.717, 1.165) is 11.1 Å². The van der Waals surface area contributed by atoms with E-state index in [4.69, 9.17) is 9.47 Å². The van der Waals surface area contributed by atoms with Gasteiger partial charge in [0, 0.05) is 0 Å². The van der Waals surface area contributed by atoms with Crippen LogP contribution in [-0.4, -0.2) is 12.8 Å². The van der Waals surface area contributed by atoms with Gasteiger partial charge in [0.1, 0.15) is 5.82 Å². The summed E-state index contributed by atoms with van der Waals surface area (Å²) in [5, 5.41) is 5.27. The fraction of sp³-hybridized carbons (Fsp3) is 0.235. The minimum absolute atomic E-state index is 0.144. The Morgan fingerprint density at radius 1 is 1.17 bits per heavy atom. The highest BCUT2D eigenvalue weighted by molar-refractivity contribution is 5.89. The second-order valence-electron chi connectivity index (χ2n) is 5.42. The van der Waals surface area contributed by atoms with Gasteiger partial charge in [0.15, 0.2) is 11.5 Å². The standard InChI is InChI=1S/C17H17FN2O3/c1-10-3-5-14(13(18)7-10)20-17(21)19-11(2)12-4-6-15-16(8-12)23-9-22-15/h3-8,11H,9H2,1-2H3,(H2,19,20,21). The van der Waals surface area contributed by atoms with Gasteiger partial charge in [-0.3, -0.25) is 0 Å². The summed E-state index contributed by atoms with van der Waals surface area (Å²) >= 11 is 0. The maximum Gasteiger partial charge on any atom is 0.319 e. The Labute approximate surface area is 133 Å². The zero-order chi connectivity index (χ0) is 16.4. The van der Waals surface area contributed by atoms with Crippen molar-refractivity contribution in [2.75, 3.05) is 12.1 Å². The molecule has 0 spiro atoms. The molecular weight excluding hydrogens is 299 g/mol. The smallest absolute Gasteiger partial charge is 0.319 e. The average molecular weight is 316 g/mol. The molecule has 2 N–H and O–H groups in total. The van der Waals surface area contributed by atoms with Crippen molar-refractivity contribution in [2.45, 2.75) is 19.9 Å². The lowest BCUT2D eigenvalue weighted by atomic mass is 10.1. The number of anilines is 1. The fourth-order valence-electron chi connectivity index (χ4n) is 2.34. The van der Waals surface area contributed by atoms with Crippen molar-refractivity contribution in [3.05, 3.63) is 53.3 Å². The minimum atomic E-state index is -0.474. The topological polar surface area (TPSA) is 59.6 Å². The van der Waals surface area contributed by atoms with Gasteiger partial charge in [-0.25, -0.2) is 9.18 Å². The van der Waals surface area contributed by atoms with E-state index in [-0.39, 0.29) is 18.5 Å². The van der Waals surface area contributed by atoms with Crippen LogP contribution in [0.15, 0.2) is 36.4 Å². The molecule has 0 saturated heterocycles. The molecule has 0 aliphatic carbocycles. The summed E-state index contributed by atoms with van der Waals surface area (Å²) in [6.07, 6.45) is 0. The Bertz CT molecular complexity index is 749. The zero-order valence-corrected chi connectivity index (χ0v) is 12.9. The summed E-state index contributed by atoms with van der Waals surface area (Å²) < 4.78 is 24.3. The van der Waals surface area contributed by atoms with E-state index in [1.54, 1.807) is 19.1 Å². The monoisotopic (exact) mass is 316 g/mol. The molecule has 1 aliphatic rings. The predicted octanol–water partition coefficient (Wildman–Crippen LogP) is 3.75. The summed E-state index contributed by atoms with van der Waals surface area (Å²) in [6.45, 7) is 3.82. The third kappa shape index (κ3) is 3.36. The number of halogens is 1. The number of hydrogen-bond donors (Lipinski definition) is 2. The van der Waals surface area contributed by atoms with Crippen LogP contribution in [0.5, 0.6) is 11.5 Å². The van der Waals surface area contributed by atoms with Crippen LogP contribution in [-0.2, 0) is 0 Å². The Balaban J connectivity index is 1.65. The number of rotatable bonds is 3. The molecule has 2 aromatic rings. The molecular formula is C17H17FN2O3. The Hall–Kier alpha value is -2.76. The number of fused-ring (bicyclic) bond motifs is 1. The summed E-state index contributed by atoms with van der Waals surface area (Å²) in [6, 6.07) is 9.38. The van der Waals surface area contributed by atoms with E-state index >= 15 is 0 Å². The highest BCUT2D eigenvalue weighted by Crippen LogP contribution is 2.34. The Morgan fingerprint density at radius 3 is 2.74 bits per heavy atom. The molecule has 1 aliphatic heterocycles. The molecule has 2 aromatic carbocycles. The van der Waals surface area contributed by atoms with E-state index < -0.39 is 11.8 Å². The van der Waals surface area contributed by atoms with Crippen LogP contribution >= 0.6 is 0 Å². The molecule has 1 atom stereocenters. The average Bonchev–Trinajstić information content (AvgIpc) is 2.97. The predicted molar refractivity (Wildman–Crippen MR) is 84.3 cm³/mol. The molecule has 1 unspecified atom stereocenters. The molecule has 0 aromatic heterocycles. The molecule has 0 saturated carbocycles. The number of aryl methyl sites for hydroxylation is 1. The van der Waals surface area contributed by atoms with Crippen LogP contribution in [0.1, 0.15) is 24.1 Å². The van der Waals surface area contributed by atoms with Gasteiger partial charge in [-0.05, 0) is 49.2 Å². The van der Waals surface area contributed by atoms with Gasteiger partial charge in [0.25, 0.3) is 0 Å². The third-order valence-corrected chi connectivity index (χ3v) is 3.62. The van der Waals surface area contributed by atoms with Gasteiger partial charge in [0.2, 0.25) is 6.79 Å². The second-order valence-corrected chi connectivity index (χ2v) is 5.42. The van der Waals surface area contributed by atoms with Crippen molar-refractivity contribution in [3.8, 4) is 11.5 Å². The summed E-state index contributed by atoms with van der Waals surface area (Å²) in [7, 11) is 0. The SMILES string of the molecule is Cc1ccc(NC(=O)NC(C)c2ccc3c(c2)OCO3)c(F)c1. The van der Waals surface area contributed by atoms with Crippen LogP contribution < -0.4 is 20.1 Å². The van der Waals surface area contributed by atoms with Crippen LogP contribution in [0, 0.1) is 12.7 Å². The Morgan fingerprint density at radius 2 is 1.96 bits per heavy atom. The molecule has 1 heterocycles. The molecule has 0 fully saturated rings. The minimum Gasteiger partial charge on any atom is -0.454 e. The molecule has 6 heteroatoms. The van der Waals surface area contributed by atoms with Gasteiger partial charge in [-0.15, -0.1) is 0 Å². The van der Waals surface area contributed by atoms with E-state index in [2.05, 4.69) is 10.6 Å². The molecule has 2 amide bonds. The zero-order valence-electron chi connectivity index (χ0n) is 12.9. The molecule has 0 bridgehead atoms. The van der Waals surface area contributed by atoms with Crippen molar-refractivity contribution in [1.82, 2.24) is 5.32 Å². The largest absolute Gasteiger partial charge is 0.454 e. The second kappa shape index (κ2) is 6.16. The lowest BCUT2D eigenvalue weighted by Crippen LogP contribution is -2.31. The van der Waals surface area contributed by atoms with E-state index in [1.807, 2.05) is 19.1 Å². The number of amides is 2. The van der Waals surface area contributed by atoms with E-state index in [0.29, 0.717) is 11.5 Å². The van der Waals surface area contributed by atoms with Crippen molar-refractivity contribution < 1.29 is 18.7 Å². The van der Waals surface area contributed by atoms with Crippen molar-refractivity contribution in [3.63, 3.8) is 0 Å². The van der Waals surface area contributed by atoms with Gasteiger partial charge >= 0.3 is 6.03 Å². The van der Waals surface area contributed by atoms with Crippen LogP contribution in [0.2, 0.25) is 0 Å². The molecule has 23 heavy (non-hydrogen) atoms. The number of carbonyl (C=O) groups excluding carboxylic acids is 1. The first-order chi connectivity index (χ1) is 11.0. The van der Waals surface area contributed by atoms with Crippen LogP contribution in [0.4, 0.5) is 14.9 Å². The number of benzene rings is 2. The number of hydrogen-bond acceptors (Lipinski definition) is 3. The number of nitrogens with one attached hydrogen (secondary N) is 2. The molecule has 0 radical (unpaired) electrons. The normalized spacial score (nSPS) is 13.5. The van der Waals surface area contributed by atoms with Crippen molar-refractivity contribution in [2.24, 2.45) is 0 Å². The van der Waals surface area contributed by atoms with Gasteiger partial charge in [0.05, 0.1) is 11.7 Å². The third-order valence-electron chi connectivity index (χ3n) is 3.62. The molecule has 3 rings (SSSR count). The van der Waals surface area contributed by atoms with E-state index in [1.165, 1.54) is 12.1 Å². The van der Waals surface area contributed by atoms with Gasteiger partial charge in [-0.2, -0.15) is 0 Å². The molecule has 120 valence electrons. The maximum absolute atomic E-state index is 13.7. The highest BCUT2D eigenvalue weighted by Gasteiger charge is 2.17. The summed E-state index contributed by atoms with van der Waals surface area (Å²) in [5.41, 5.74) is 1.81. The van der Waals surface area contributed by atoms with Crippen molar-refractivity contribution in [1.29, 1.82) is 0 Å². The lowest BCUT2D eigenvalue weighted by Gasteiger charge is -2.16. The number of urea groups is 1. The summed E-state index contributed by atoms with van der Waals surface area (Å²) in [5.74, 6) is 0.879. The number of ether oxygens (including phenoxy) is 2.